The van der Waals surface area contributed by atoms with Crippen molar-refractivity contribution < 1.29 is 0 Å². The van der Waals surface area contributed by atoms with Crippen molar-refractivity contribution in [1.82, 2.24) is 13.7 Å². The van der Waals surface area contributed by atoms with E-state index in [0.29, 0.717) is 0 Å². The molecule has 3 aliphatic carbocycles. The van der Waals surface area contributed by atoms with E-state index >= 15 is 0 Å². The highest BCUT2D eigenvalue weighted by Crippen LogP contribution is 2.67. The second-order valence-corrected chi connectivity index (χ2v) is 38.3. The van der Waals surface area contributed by atoms with E-state index in [1.165, 1.54) is 237 Å². The first-order chi connectivity index (χ1) is 63.3. The van der Waals surface area contributed by atoms with Crippen molar-refractivity contribution >= 4 is 97.7 Å². The Bertz CT molecular complexity index is 8610. The number of para-hydroxylation sites is 9. The van der Waals surface area contributed by atoms with Crippen molar-refractivity contribution in [2.75, 3.05) is 0 Å². The lowest BCUT2D eigenvalue weighted by atomic mass is 9.52. The van der Waals surface area contributed by atoms with Crippen LogP contribution in [0.25, 0.3) is 137 Å². The fraction of sp³-hybridized carbons (Fsp3) is 0.0952. The molecule has 608 valence electrons. The van der Waals surface area contributed by atoms with Crippen LogP contribution in [0.2, 0.25) is 0 Å². The average molecular weight is 1650 g/mol. The molecule has 23 aromatic rings. The molecule has 3 spiro atoms. The molecule has 1 unspecified atom stereocenters. The highest BCUT2D eigenvalue weighted by Gasteiger charge is 2.58. The minimum absolute atomic E-state index is 0.148. The van der Waals surface area contributed by atoms with Crippen molar-refractivity contribution in [3.63, 3.8) is 0 Å². The number of rotatable bonds is 2. The maximum atomic E-state index is 2.53. The van der Waals surface area contributed by atoms with E-state index in [0.717, 1.165) is 0 Å². The summed E-state index contributed by atoms with van der Waals surface area (Å²) in [4.78, 5) is 0. The molecular formula is C126H89N3. The Morgan fingerprint density at radius 1 is 0.155 bits per heavy atom. The predicted octanol–water partition coefficient (Wildman–Crippen LogP) is 31.2. The molecule has 0 fully saturated rings. The summed E-state index contributed by atoms with van der Waals surface area (Å²) in [5, 5.41) is 15.8. The number of fused-ring (bicyclic) bond motifs is 39. The van der Waals surface area contributed by atoms with Crippen LogP contribution in [0.4, 0.5) is 0 Å². The molecule has 0 saturated heterocycles. The van der Waals surface area contributed by atoms with Crippen molar-refractivity contribution in [2.45, 2.75) is 74.0 Å². The third kappa shape index (κ3) is 9.45. The zero-order valence-electron chi connectivity index (χ0n) is 72.8. The summed E-state index contributed by atoms with van der Waals surface area (Å²) < 4.78 is 7.58. The van der Waals surface area contributed by atoms with Gasteiger partial charge in [-0.3, -0.25) is 0 Å². The fourth-order valence-corrected chi connectivity index (χ4v) is 26.2. The standard InChI is InChI=1S/C46H33N.C42H29N.C38H27N/c1-45(2)36-26-24-32(30-14-5-3-6-15-30)28-40(36)46(41-29-33(25-27-37(41)45)31-16-7-4-8-17-31)38-20-10-12-23-43(38)47-42-22-11-9-18-34(42)35-19-13-21-39(46)44(35)47;1-41(2)38-28-14-5-3-12-26(28)22-24-33(38)42(34-25-23-27-13-4-6-15-29(27)39(34)41)32-18-8-10-21-37(32)43-36-20-9-7-16-30(36)31-17-11-19-35(42)40(31)43;1-37(2)28-16-6-7-17-29(28)38(31-23-22-24-12-3-4-13-25(24)35(31)37)30-18-8-10-21-34(30)39-33-20-9-5-14-26(33)27-15-11-19-32(38)36(27)39/h3-29H,1-2H3;3-25H,1-2H3;3-23H,1-2H3. The smallest absolute Gasteiger partial charge is 0.0748 e. The number of hydrogen-bond acceptors (Lipinski definition) is 0. The highest BCUT2D eigenvalue weighted by molar-refractivity contribution is 6.16. The van der Waals surface area contributed by atoms with Gasteiger partial charge in [0.2, 0.25) is 0 Å². The van der Waals surface area contributed by atoms with Gasteiger partial charge in [-0.25, -0.2) is 0 Å². The Morgan fingerprint density at radius 3 is 0.798 bits per heavy atom. The molecule has 3 heteroatoms. The summed E-state index contributed by atoms with van der Waals surface area (Å²) in [6.45, 7) is 14.5. The van der Waals surface area contributed by atoms with Gasteiger partial charge >= 0.3 is 0 Å². The Labute approximate surface area is 750 Å². The van der Waals surface area contributed by atoms with Crippen LogP contribution in [-0.2, 0) is 32.5 Å². The lowest BCUT2D eigenvalue weighted by Crippen LogP contribution is -2.44. The fourth-order valence-electron chi connectivity index (χ4n) is 26.2. The largest absolute Gasteiger partial charge is 0.309 e. The molecule has 3 nitrogen and oxygen atoms in total. The number of benzene rings is 20. The number of nitrogens with zero attached hydrogens (tertiary/aromatic N) is 3. The minimum Gasteiger partial charge on any atom is -0.309 e. The second kappa shape index (κ2) is 26.6. The second-order valence-electron chi connectivity index (χ2n) is 38.3. The van der Waals surface area contributed by atoms with E-state index < -0.39 is 16.2 Å². The molecule has 0 radical (unpaired) electrons. The molecule has 0 amide bonds. The van der Waals surface area contributed by atoms with Gasteiger partial charge < -0.3 is 13.7 Å². The summed E-state index contributed by atoms with van der Waals surface area (Å²) in [5.74, 6) is 0. The molecule has 3 aromatic heterocycles. The summed E-state index contributed by atoms with van der Waals surface area (Å²) in [7, 11) is 0. The monoisotopic (exact) mass is 1640 g/mol. The molecule has 6 aliphatic rings. The van der Waals surface area contributed by atoms with Crippen molar-refractivity contribution in [2.24, 2.45) is 0 Å². The third-order valence-corrected chi connectivity index (χ3v) is 31.2. The van der Waals surface area contributed by atoms with Gasteiger partial charge in [0.05, 0.1) is 66.4 Å². The number of aromatic nitrogens is 3. The Balaban J connectivity index is 0.000000100. The molecule has 129 heavy (non-hydrogen) atoms. The van der Waals surface area contributed by atoms with E-state index in [1.807, 2.05) is 0 Å². The van der Waals surface area contributed by atoms with E-state index in [-0.39, 0.29) is 16.2 Å². The first-order valence-electron chi connectivity index (χ1n) is 45.8. The van der Waals surface area contributed by atoms with Crippen LogP contribution in [0.3, 0.4) is 0 Å². The van der Waals surface area contributed by atoms with Crippen LogP contribution < -0.4 is 0 Å². The molecule has 0 saturated carbocycles. The van der Waals surface area contributed by atoms with Crippen molar-refractivity contribution in [3.05, 3.63) is 531 Å². The van der Waals surface area contributed by atoms with Gasteiger partial charge in [-0.2, -0.15) is 0 Å². The molecule has 1 atom stereocenters. The zero-order valence-corrected chi connectivity index (χ0v) is 72.8. The lowest BCUT2D eigenvalue weighted by Gasteiger charge is -2.51. The Hall–Kier alpha value is -15.4. The number of hydrogen-bond donors (Lipinski definition) is 0. The van der Waals surface area contributed by atoms with E-state index in [2.05, 4.69) is 486 Å². The van der Waals surface area contributed by atoms with Gasteiger partial charge in [0, 0.05) is 48.6 Å². The highest BCUT2D eigenvalue weighted by atomic mass is 15.0. The van der Waals surface area contributed by atoms with Crippen LogP contribution >= 0.6 is 0 Å². The minimum atomic E-state index is -0.532. The van der Waals surface area contributed by atoms with E-state index in [4.69, 9.17) is 0 Å². The van der Waals surface area contributed by atoms with Gasteiger partial charge in [-0.15, -0.1) is 0 Å². The third-order valence-electron chi connectivity index (χ3n) is 31.2. The average Bonchev–Trinajstić information content (AvgIpc) is 1.66. The maximum absolute atomic E-state index is 2.53. The Morgan fingerprint density at radius 2 is 0.419 bits per heavy atom. The van der Waals surface area contributed by atoms with E-state index in [9.17, 15) is 0 Å². The quantitative estimate of drug-likeness (QED) is 0.164. The van der Waals surface area contributed by atoms with Crippen LogP contribution in [0.5, 0.6) is 0 Å². The summed E-state index contributed by atoms with van der Waals surface area (Å²) in [5.41, 5.74) is 39.4. The van der Waals surface area contributed by atoms with Gasteiger partial charge in [0.15, 0.2) is 0 Å². The summed E-state index contributed by atoms with van der Waals surface area (Å²) in [6, 6.07) is 162. The van der Waals surface area contributed by atoms with Crippen LogP contribution in [0.1, 0.15) is 142 Å². The van der Waals surface area contributed by atoms with E-state index in [1.54, 1.807) is 0 Å². The van der Waals surface area contributed by atoms with Gasteiger partial charge in [0.25, 0.3) is 0 Å². The zero-order chi connectivity index (χ0) is 85.8. The Kier molecular flexibility index (Phi) is 15.2. The first kappa shape index (κ1) is 73.9. The SMILES string of the molecule is CC1(C)c2c(ccc3ccccc23)C2(c3ccccc3-n3c4ccccc4c4cccc2c43)c2ccc3ccccc3c21.CC1(C)c2ccc(-c3ccccc3)cc2C2(c3ccccc3-n3c4ccccc4c4cccc2c43)c2cc(-c3ccccc3)ccc21.CC1(C)c2ccccc2C2(c3ccccc3-n3c4ccccc4c4cccc2c43)c2ccc3ccccc3c21. The molecule has 6 heterocycles. The van der Waals surface area contributed by atoms with Crippen LogP contribution in [0, 0.1) is 0 Å². The maximum Gasteiger partial charge on any atom is 0.0748 e. The van der Waals surface area contributed by atoms with Crippen molar-refractivity contribution in [3.8, 4) is 39.3 Å². The molecular weight excluding hydrogens is 1560 g/mol. The van der Waals surface area contributed by atoms with Gasteiger partial charge in [0.1, 0.15) is 0 Å². The predicted molar refractivity (Wildman–Crippen MR) is 538 cm³/mol. The van der Waals surface area contributed by atoms with Crippen LogP contribution in [-0.4, -0.2) is 13.7 Å². The van der Waals surface area contributed by atoms with Gasteiger partial charge in [-0.1, -0.05) is 424 Å². The normalized spacial score (nSPS) is 16.2. The summed E-state index contributed by atoms with van der Waals surface area (Å²) in [6.07, 6.45) is 0. The first-order valence-corrected chi connectivity index (χ1v) is 45.8. The van der Waals surface area contributed by atoms with Gasteiger partial charge in [-0.05, 0) is 203 Å². The lowest BCUT2D eigenvalue weighted by molar-refractivity contribution is 0.556. The topological polar surface area (TPSA) is 14.8 Å². The molecule has 0 N–H and O–H groups in total. The molecule has 3 aliphatic heterocycles. The van der Waals surface area contributed by atoms with Crippen molar-refractivity contribution in [1.29, 1.82) is 0 Å². The molecule has 0 bridgehead atoms. The summed E-state index contributed by atoms with van der Waals surface area (Å²) >= 11 is 0. The molecule has 29 rings (SSSR count). The van der Waals surface area contributed by atoms with Crippen LogP contribution in [0.15, 0.2) is 431 Å². The molecule has 20 aromatic carbocycles.